The van der Waals surface area contributed by atoms with Gasteiger partial charge in [0.1, 0.15) is 5.82 Å². The number of aliphatic imine (C=N–C) groups is 1. The molecule has 0 fully saturated rings. The molecule has 0 aromatic heterocycles. The molecule has 0 radical (unpaired) electrons. The first kappa shape index (κ1) is 16.9. The lowest BCUT2D eigenvalue weighted by atomic mass is 10.1. The van der Waals surface area contributed by atoms with Crippen molar-refractivity contribution in [1.29, 1.82) is 0 Å². The van der Waals surface area contributed by atoms with Crippen LogP contribution in [0, 0.1) is 0 Å². The number of nitrogens with zero attached hydrogens (tertiary/aromatic N) is 2. The predicted octanol–water partition coefficient (Wildman–Crippen LogP) is 4.79. The quantitative estimate of drug-likeness (QED) is 0.537. The number of hydrogen-bond donors (Lipinski definition) is 0. The molecule has 2 heteroatoms. The van der Waals surface area contributed by atoms with E-state index in [1.54, 1.807) is 0 Å². The summed E-state index contributed by atoms with van der Waals surface area (Å²) in [4.78, 5) is 6.82. The second-order valence-electron chi connectivity index (χ2n) is 4.72. The largest absolute Gasteiger partial charge is 0.354 e. The van der Waals surface area contributed by atoms with Gasteiger partial charge in [-0.1, -0.05) is 39.8 Å². The molecule has 0 saturated carbocycles. The highest BCUT2D eigenvalue weighted by Gasteiger charge is 2.14. The van der Waals surface area contributed by atoms with Gasteiger partial charge in [0.15, 0.2) is 0 Å². The maximum absolute atomic E-state index is 4.48. The molecule has 0 aliphatic carbocycles. The van der Waals surface area contributed by atoms with Gasteiger partial charge in [0.05, 0.1) is 0 Å². The Bertz CT molecular complexity index is 285. The first-order valence-electron chi connectivity index (χ1n) is 7.25. The van der Waals surface area contributed by atoms with Crippen LogP contribution >= 0.6 is 0 Å². The van der Waals surface area contributed by atoms with Gasteiger partial charge in [-0.05, 0) is 38.7 Å². The standard InChI is InChI=1S/C16H30N2/c1-7-13-18(16(9-3)10-4)15(6)17-12-11-14(5)8-2/h11-12,16H,6-10,13H2,1-5H3/b14-11+,17-12-. The minimum Gasteiger partial charge on any atom is -0.354 e. The van der Waals surface area contributed by atoms with Crippen LogP contribution in [0.3, 0.4) is 0 Å². The Hall–Kier alpha value is -1.05. The van der Waals surface area contributed by atoms with Crippen molar-refractivity contribution in [2.24, 2.45) is 4.99 Å². The van der Waals surface area contributed by atoms with Gasteiger partial charge in [0, 0.05) is 18.8 Å². The van der Waals surface area contributed by atoms with E-state index in [1.165, 1.54) is 5.57 Å². The lowest BCUT2D eigenvalue weighted by Gasteiger charge is -2.31. The average Bonchev–Trinajstić information content (AvgIpc) is 2.38. The van der Waals surface area contributed by atoms with E-state index in [2.05, 4.69) is 57.2 Å². The summed E-state index contributed by atoms with van der Waals surface area (Å²) in [5.74, 6) is 0.894. The molecule has 2 nitrogen and oxygen atoms in total. The molecule has 0 spiro atoms. The van der Waals surface area contributed by atoms with E-state index in [1.807, 2.05) is 6.21 Å². The molecule has 0 heterocycles. The third-order valence-electron chi connectivity index (χ3n) is 3.32. The molecular weight excluding hydrogens is 220 g/mol. The Labute approximate surface area is 113 Å². The molecule has 0 rings (SSSR count). The van der Waals surface area contributed by atoms with Crippen LogP contribution < -0.4 is 0 Å². The monoisotopic (exact) mass is 250 g/mol. The van der Waals surface area contributed by atoms with Crippen molar-refractivity contribution in [3.8, 4) is 0 Å². The summed E-state index contributed by atoms with van der Waals surface area (Å²) in [5, 5.41) is 0. The molecule has 18 heavy (non-hydrogen) atoms. The summed E-state index contributed by atoms with van der Waals surface area (Å²) in [6, 6.07) is 0.561. The van der Waals surface area contributed by atoms with E-state index >= 15 is 0 Å². The van der Waals surface area contributed by atoms with Crippen molar-refractivity contribution >= 4 is 6.21 Å². The molecule has 0 aromatic carbocycles. The molecule has 0 aliphatic heterocycles. The normalized spacial score (nSPS) is 12.4. The molecule has 0 aromatic rings. The molecule has 0 N–H and O–H groups in total. The minimum atomic E-state index is 0.561. The Morgan fingerprint density at radius 2 is 1.83 bits per heavy atom. The van der Waals surface area contributed by atoms with E-state index in [0.717, 1.165) is 38.0 Å². The fourth-order valence-corrected chi connectivity index (χ4v) is 1.94. The summed E-state index contributed by atoms with van der Waals surface area (Å²) in [7, 11) is 0. The topological polar surface area (TPSA) is 15.6 Å². The van der Waals surface area contributed by atoms with Gasteiger partial charge in [-0.15, -0.1) is 0 Å². The van der Waals surface area contributed by atoms with Crippen LogP contribution in [0.4, 0.5) is 0 Å². The Morgan fingerprint density at radius 3 is 2.28 bits per heavy atom. The van der Waals surface area contributed by atoms with Crippen LogP contribution in [0.2, 0.25) is 0 Å². The van der Waals surface area contributed by atoms with Crippen molar-refractivity contribution in [3.05, 3.63) is 24.0 Å². The molecule has 0 amide bonds. The van der Waals surface area contributed by atoms with E-state index in [4.69, 9.17) is 0 Å². The molecule has 0 saturated heterocycles. The summed E-state index contributed by atoms with van der Waals surface area (Å²) in [6.07, 6.45) is 8.46. The molecular formula is C16H30N2. The van der Waals surface area contributed by atoms with E-state index in [9.17, 15) is 0 Å². The summed E-state index contributed by atoms with van der Waals surface area (Å²) >= 11 is 0. The third kappa shape index (κ3) is 6.04. The van der Waals surface area contributed by atoms with Crippen LogP contribution in [0.25, 0.3) is 0 Å². The lowest BCUT2D eigenvalue weighted by molar-refractivity contribution is 0.238. The SMILES string of the molecule is C=C(/N=C\C=C(/C)CC)N(CCC)C(CC)CC. The number of rotatable bonds is 9. The van der Waals surface area contributed by atoms with Crippen molar-refractivity contribution in [2.75, 3.05) is 6.54 Å². The zero-order valence-corrected chi connectivity index (χ0v) is 12.9. The highest BCUT2D eigenvalue weighted by atomic mass is 15.2. The fraction of sp³-hybridized carbons (Fsp3) is 0.688. The summed E-state index contributed by atoms with van der Waals surface area (Å²) in [5.41, 5.74) is 1.34. The van der Waals surface area contributed by atoms with Crippen LogP contribution in [0.15, 0.2) is 29.0 Å². The first-order valence-corrected chi connectivity index (χ1v) is 7.25. The van der Waals surface area contributed by atoms with E-state index < -0.39 is 0 Å². The van der Waals surface area contributed by atoms with E-state index in [-0.39, 0.29) is 0 Å². The Balaban J connectivity index is 4.66. The van der Waals surface area contributed by atoms with Crippen LogP contribution in [0.1, 0.15) is 60.3 Å². The van der Waals surface area contributed by atoms with Gasteiger partial charge < -0.3 is 4.90 Å². The molecule has 0 aliphatic rings. The summed E-state index contributed by atoms with van der Waals surface area (Å²) < 4.78 is 0. The number of allylic oxidation sites excluding steroid dienone is 2. The zero-order valence-electron chi connectivity index (χ0n) is 12.9. The van der Waals surface area contributed by atoms with Gasteiger partial charge in [-0.25, -0.2) is 4.99 Å². The van der Waals surface area contributed by atoms with Crippen molar-refractivity contribution < 1.29 is 0 Å². The third-order valence-corrected chi connectivity index (χ3v) is 3.32. The molecule has 0 atom stereocenters. The van der Waals surface area contributed by atoms with Gasteiger partial charge >= 0.3 is 0 Å². The van der Waals surface area contributed by atoms with Gasteiger partial charge in [-0.3, -0.25) is 0 Å². The van der Waals surface area contributed by atoms with Crippen molar-refractivity contribution in [2.45, 2.75) is 66.3 Å². The van der Waals surface area contributed by atoms with Crippen molar-refractivity contribution in [1.82, 2.24) is 4.90 Å². The maximum atomic E-state index is 4.48. The van der Waals surface area contributed by atoms with Gasteiger partial charge in [0.2, 0.25) is 0 Å². The highest BCUT2D eigenvalue weighted by molar-refractivity contribution is 5.72. The smallest absolute Gasteiger partial charge is 0.121 e. The second kappa shape index (κ2) is 9.93. The molecule has 0 unspecified atom stereocenters. The second-order valence-corrected chi connectivity index (χ2v) is 4.72. The average molecular weight is 250 g/mol. The minimum absolute atomic E-state index is 0.561. The predicted molar refractivity (Wildman–Crippen MR) is 83.0 cm³/mol. The van der Waals surface area contributed by atoms with Crippen molar-refractivity contribution in [3.63, 3.8) is 0 Å². The highest BCUT2D eigenvalue weighted by Crippen LogP contribution is 2.15. The van der Waals surface area contributed by atoms with Crippen LogP contribution in [-0.2, 0) is 0 Å². The Kier molecular flexibility index (Phi) is 9.35. The van der Waals surface area contributed by atoms with Gasteiger partial charge in [-0.2, -0.15) is 0 Å². The van der Waals surface area contributed by atoms with Gasteiger partial charge in [0.25, 0.3) is 0 Å². The first-order chi connectivity index (χ1) is 8.60. The molecule has 0 bridgehead atoms. The lowest BCUT2D eigenvalue weighted by Crippen LogP contribution is -2.33. The van der Waals surface area contributed by atoms with Crippen LogP contribution in [0.5, 0.6) is 0 Å². The Morgan fingerprint density at radius 1 is 1.22 bits per heavy atom. The zero-order chi connectivity index (χ0) is 14.0. The van der Waals surface area contributed by atoms with E-state index in [0.29, 0.717) is 6.04 Å². The maximum Gasteiger partial charge on any atom is 0.121 e. The number of hydrogen-bond acceptors (Lipinski definition) is 2. The van der Waals surface area contributed by atoms with Crippen LogP contribution in [-0.4, -0.2) is 23.7 Å². The molecule has 104 valence electrons. The fourth-order valence-electron chi connectivity index (χ4n) is 1.94. The summed E-state index contributed by atoms with van der Waals surface area (Å²) in [6.45, 7) is 16.1.